The van der Waals surface area contributed by atoms with Gasteiger partial charge in [-0.05, 0) is 109 Å². The van der Waals surface area contributed by atoms with Gasteiger partial charge in [-0.25, -0.2) is 4.39 Å². The average molecular weight is 754 g/mol. The van der Waals surface area contributed by atoms with Crippen LogP contribution in [0.15, 0.2) is 121 Å². The van der Waals surface area contributed by atoms with E-state index in [4.69, 9.17) is 11.6 Å². The Morgan fingerprint density at radius 3 is 2.25 bits per heavy atom. The molecule has 0 unspecified atom stereocenters. The van der Waals surface area contributed by atoms with E-state index in [2.05, 4.69) is 5.43 Å². The number of hydrazine groups is 1. The second-order valence-corrected chi connectivity index (χ2v) is 15.1. The van der Waals surface area contributed by atoms with Crippen LogP contribution in [0.3, 0.4) is 0 Å². The van der Waals surface area contributed by atoms with E-state index in [0.29, 0.717) is 44.0 Å². The molecule has 9 rings (SSSR count). The molecule has 11 heteroatoms. The summed E-state index contributed by atoms with van der Waals surface area (Å²) in [5, 5.41) is 14.8. The molecule has 0 aromatic heterocycles. The van der Waals surface area contributed by atoms with Gasteiger partial charge in [0.05, 0.1) is 34.5 Å². The Kier molecular flexibility index (Phi) is 8.02. The number of allylic oxidation sites excluding steroid dienone is 2. The van der Waals surface area contributed by atoms with Crippen LogP contribution >= 0.6 is 11.6 Å². The fourth-order valence-corrected chi connectivity index (χ4v) is 9.78. The number of ketones is 1. The third kappa shape index (κ3) is 5.08. The standard InChI is InChI=1S/C44H33ClFN3O6/c1-23(50)24-6-17-30(18-7-24)48-40(52)33-20-19-32-34(37(33)42(48)54)22-35-41(53)49(47-29-15-13-28(46)14-16-29)43(55)44(35,26-9-11-27(45)12-10-26)39(32)38-31-5-3-2-4-25(31)8-21-36(38)51/h2-19,21,33-35,37,39,47,51H,20,22H2,1H3/t33-,34+,35-,37-,39+,44+/m0/s1. The summed E-state index contributed by atoms with van der Waals surface area (Å²) in [6.45, 7) is 1.44. The van der Waals surface area contributed by atoms with E-state index in [-0.39, 0.29) is 30.3 Å². The second kappa shape index (κ2) is 12.7. The summed E-state index contributed by atoms with van der Waals surface area (Å²) in [4.78, 5) is 72.4. The van der Waals surface area contributed by atoms with E-state index >= 15 is 4.79 Å². The number of anilines is 2. The van der Waals surface area contributed by atoms with Gasteiger partial charge in [0.1, 0.15) is 11.6 Å². The maximum absolute atomic E-state index is 15.5. The van der Waals surface area contributed by atoms with Crippen LogP contribution in [0, 0.1) is 29.5 Å². The highest BCUT2D eigenvalue weighted by molar-refractivity contribution is 6.30. The number of nitrogens with zero attached hydrogens (tertiary/aromatic N) is 2. The van der Waals surface area contributed by atoms with E-state index in [0.717, 1.165) is 10.4 Å². The van der Waals surface area contributed by atoms with Crippen LogP contribution in [-0.2, 0) is 24.6 Å². The van der Waals surface area contributed by atoms with Crippen molar-refractivity contribution in [2.75, 3.05) is 10.3 Å². The number of halogens is 2. The van der Waals surface area contributed by atoms with Crippen LogP contribution < -0.4 is 10.3 Å². The van der Waals surface area contributed by atoms with Crippen molar-refractivity contribution in [3.05, 3.63) is 148 Å². The Hall–Kier alpha value is -6.13. The molecule has 55 heavy (non-hydrogen) atoms. The monoisotopic (exact) mass is 753 g/mol. The Morgan fingerprint density at radius 1 is 0.836 bits per heavy atom. The van der Waals surface area contributed by atoms with Crippen molar-refractivity contribution < 1.29 is 33.5 Å². The minimum atomic E-state index is -1.65. The first kappa shape index (κ1) is 34.6. The number of benzene rings is 5. The molecule has 0 radical (unpaired) electrons. The number of phenolic OH excluding ortho intramolecular Hbond substituents is 1. The number of nitrogens with one attached hydrogen (secondary N) is 1. The number of imide groups is 2. The van der Waals surface area contributed by atoms with Gasteiger partial charge < -0.3 is 5.11 Å². The maximum Gasteiger partial charge on any atom is 0.260 e. The number of amides is 4. The van der Waals surface area contributed by atoms with Crippen LogP contribution in [-0.4, -0.2) is 39.5 Å². The van der Waals surface area contributed by atoms with E-state index in [9.17, 15) is 28.7 Å². The number of aromatic hydroxyl groups is 1. The summed E-state index contributed by atoms with van der Waals surface area (Å²) in [6.07, 6.45) is 2.15. The van der Waals surface area contributed by atoms with Crippen molar-refractivity contribution in [1.82, 2.24) is 5.01 Å². The summed E-state index contributed by atoms with van der Waals surface area (Å²) < 4.78 is 14.0. The normalized spacial score (nSPS) is 25.8. The van der Waals surface area contributed by atoms with Crippen molar-refractivity contribution in [2.45, 2.75) is 31.1 Å². The molecule has 5 aromatic carbocycles. The zero-order chi connectivity index (χ0) is 38.3. The van der Waals surface area contributed by atoms with Gasteiger partial charge in [-0.15, -0.1) is 0 Å². The number of hydrogen-bond acceptors (Lipinski definition) is 7. The van der Waals surface area contributed by atoms with Crippen LogP contribution in [0.25, 0.3) is 10.8 Å². The Labute approximate surface area is 320 Å². The zero-order valence-electron chi connectivity index (χ0n) is 29.4. The molecule has 3 fully saturated rings. The molecular formula is C44H33ClFN3O6. The minimum Gasteiger partial charge on any atom is -0.508 e. The van der Waals surface area contributed by atoms with Crippen molar-refractivity contribution in [2.24, 2.45) is 23.7 Å². The molecule has 6 atom stereocenters. The molecule has 0 bridgehead atoms. The molecule has 274 valence electrons. The van der Waals surface area contributed by atoms with Crippen molar-refractivity contribution in [3.63, 3.8) is 0 Å². The first-order valence-electron chi connectivity index (χ1n) is 18.1. The lowest BCUT2D eigenvalue weighted by Gasteiger charge is -2.51. The summed E-state index contributed by atoms with van der Waals surface area (Å²) in [5.41, 5.74) is 3.97. The zero-order valence-corrected chi connectivity index (χ0v) is 30.2. The lowest BCUT2D eigenvalue weighted by molar-refractivity contribution is -0.138. The topological polar surface area (TPSA) is 124 Å². The van der Waals surface area contributed by atoms with E-state index in [1.54, 1.807) is 60.7 Å². The Morgan fingerprint density at radius 2 is 1.55 bits per heavy atom. The van der Waals surface area contributed by atoms with Crippen molar-refractivity contribution in [1.29, 1.82) is 0 Å². The molecule has 2 heterocycles. The first-order valence-corrected chi connectivity index (χ1v) is 18.4. The molecule has 2 aliphatic carbocycles. The number of rotatable bonds is 6. The molecule has 9 nitrogen and oxygen atoms in total. The number of phenols is 1. The molecular weight excluding hydrogens is 721 g/mol. The van der Waals surface area contributed by atoms with Gasteiger partial charge in [-0.3, -0.25) is 34.3 Å². The van der Waals surface area contributed by atoms with Gasteiger partial charge in [0, 0.05) is 22.1 Å². The Bertz CT molecular complexity index is 2500. The summed E-state index contributed by atoms with van der Waals surface area (Å²) in [5.74, 6) is -7.04. The van der Waals surface area contributed by atoms with Crippen molar-refractivity contribution in [3.8, 4) is 5.75 Å². The van der Waals surface area contributed by atoms with Crippen molar-refractivity contribution >= 4 is 63.2 Å². The molecule has 4 amide bonds. The predicted octanol–water partition coefficient (Wildman–Crippen LogP) is 7.73. The molecule has 2 aliphatic heterocycles. The molecule has 2 saturated heterocycles. The fourth-order valence-electron chi connectivity index (χ4n) is 9.66. The molecule has 4 aliphatic rings. The van der Waals surface area contributed by atoms with E-state index in [1.165, 1.54) is 36.1 Å². The van der Waals surface area contributed by atoms with Crippen LogP contribution in [0.1, 0.15) is 47.2 Å². The van der Waals surface area contributed by atoms with Gasteiger partial charge in [0.15, 0.2) is 5.78 Å². The number of fused-ring (bicyclic) bond motifs is 5. The number of hydrogen-bond donors (Lipinski definition) is 2. The first-order chi connectivity index (χ1) is 26.5. The third-order valence-electron chi connectivity index (χ3n) is 12.0. The van der Waals surface area contributed by atoms with E-state index in [1.807, 2.05) is 30.3 Å². The molecule has 0 spiro atoms. The highest BCUT2D eigenvalue weighted by Gasteiger charge is 2.71. The summed E-state index contributed by atoms with van der Waals surface area (Å²) in [7, 11) is 0. The lowest BCUT2D eigenvalue weighted by Crippen LogP contribution is -2.53. The van der Waals surface area contributed by atoms with E-state index < -0.39 is 58.5 Å². The van der Waals surface area contributed by atoms with Crippen LogP contribution in [0.5, 0.6) is 5.75 Å². The highest BCUT2D eigenvalue weighted by atomic mass is 35.5. The SMILES string of the molecule is CC(=O)c1ccc(N2C(=O)[C@H]3[C@H](CC=C4[C@H]3C[C@H]3C(=O)N(Nc5ccc(F)cc5)C(=O)[C@@]3(c3ccc(Cl)cc3)[C@H]4c3c(O)ccc4ccccc34)C2=O)cc1. The maximum atomic E-state index is 15.5. The minimum absolute atomic E-state index is 0.0416. The molecule has 1 saturated carbocycles. The number of carbonyl (C=O) groups excluding carboxylic acids is 5. The molecule has 2 N–H and O–H groups in total. The van der Waals surface area contributed by atoms with Crippen LogP contribution in [0.2, 0.25) is 5.02 Å². The lowest BCUT2D eigenvalue weighted by atomic mass is 9.48. The fraction of sp³-hybridized carbons (Fsp3) is 0.205. The Balaban J connectivity index is 1.26. The quantitative estimate of drug-likeness (QED) is 0.103. The second-order valence-electron chi connectivity index (χ2n) is 14.7. The van der Waals surface area contributed by atoms with Gasteiger partial charge in [0.2, 0.25) is 11.8 Å². The smallest absolute Gasteiger partial charge is 0.260 e. The highest BCUT2D eigenvalue weighted by Crippen LogP contribution is 2.65. The third-order valence-corrected chi connectivity index (χ3v) is 12.3. The summed E-state index contributed by atoms with van der Waals surface area (Å²) >= 11 is 6.40. The number of carbonyl (C=O) groups is 5. The average Bonchev–Trinajstić information content (AvgIpc) is 3.57. The predicted molar refractivity (Wildman–Crippen MR) is 204 cm³/mol. The summed E-state index contributed by atoms with van der Waals surface area (Å²) in [6, 6.07) is 29.2. The largest absolute Gasteiger partial charge is 0.508 e. The van der Waals surface area contributed by atoms with Gasteiger partial charge in [-0.1, -0.05) is 65.7 Å². The van der Waals surface area contributed by atoms with Crippen LogP contribution in [0.4, 0.5) is 15.8 Å². The van der Waals surface area contributed by atoms with Gasteiger partial charge >= 0.3 is 0 Å². The van der Waals surface area contributed by atoms with Gasteiger partial charge in [0.25, 0.3) is 11.8 Å². The molecule has 5 aromatic rings. The van der Waals surface area contributed by atoms with Gasteiger partial charge in [-0.2, -0.15) is 5.01 Å². The number of Topliss-reactive ketones (excluding diaryl/α,β-unsaturated/α-hetero) is 1.